The summed E-state index contributed by atoms with van der Waals surface area (Å²) >= 11 is 0. The van der Waals surface area contributed by atoms with Crippen LogP contribution < -0.4 is 4.72 Å². The number of halogens is 1. The molecule has 0 atom stereocenters. The van der Waals surface area contributed by atoms with Crippen molar-refractivity contribution in [1.29, 1.82) is 0 Å². The topological polar surface area (TPSA) is 75.6 Å². The van der Waals surface area contributed by atoms with E-state index < -0.39 is 28.0 Å². The van der Waals surface area contributed by atoms with Gasteiger partial charge in [-0.3, -0.25) is 0 Å². The number of aliphatic hydroxyl groups is 1. The van der Waals surface area contributed by atoms with Crippen molar-refractivity contribution in [3.8, 4) is 11.8 Å². The summed E-state index contributed by atoms with van der Waals surface area (Å²) in [4.78, 5) is -0.193. The maximum Gasteiger partial charge on any atom is 0.240 e. The van der Waals surface area contributed by atoms with E-state index in [9.17, 15) is 12.8 Å². The summed E-state index contributed by atoms with van der Waals surface area (Å²) in [5.41, 5.74) is -0.641. The first-order chi connectivity index (χ1) is 9.72. The standard InChI is InChI=1S/C14H18FNO4S/c1-14(2,20-3)10-16-21(18,19)12-7-6-11(5-4-8-17)13(15)9-12/h6-7,9,16-17H,8,10H2,1-3H3. The Morgan fingerprint density at radius 1 is 1.43 bits per heavy atom. The molecule has 0 saturated heterocycles. The molecule has 116 valence electrons. The Bertz CT molecular complexity index is 659. The number of nitrogens with one attached hydrogen (secondary N) is 1. The van der Waals surface area contributed by atoms with E-state index in [-0.39, 0.29) is 17.0 Å². The van der Waals surface area contributed by atoms with Crippen LogP contribution in [0.3, 0.4) is 0 Å². The monoisotopic (exact) mass is 315 g/mol. The summed E-state index contributed by atoms with van der Waals surface area (Å²) in [6.07, 6.45) is 0. The van der Waals surface area contributed by atoms with Gasteiger partial charge >= 0.3 is 0 Å². The number of hydrogen-bond donors (Lipinski definition) is 2. The first-order valence-electron chi connectivity index (χ1n) is 6.16. The van der Waals surface area contributed by atoms with Crippen LogP contribution in [0.5, 0.6) is 0 Å². The highest BCUT2D eigenvalue weighted by atomic mass is 32.2. The predicted octanol–water partition coefficient (Wildman–Crippen LogP) is 0.873. The van der Waals surface area contributed by atoms with Crippen molar-refractivity contribution in [2.24, 2.45) is 0 Å². The second-order valence-electron chi connectivity index (χ2n) is 4.89. The number of ether oxygens (including phenoxy) is 1. The molecular weight excluding hydrogens is 297 g/mol. The molecule has 0 spiro atoms. The number of sulfonamides is 1. The molecule has 0 heterocycles. The van der Waals surface area contributed by atoms with Crippen molar-refractivity contribution in [2.75, 3.05) is 20.3 Å². The first kappa shape index (κ1) is 17.6. The lowest BCUT2D eigenvalue weighted by atomic mass is 10.1. The third-order valence-electron chi connectivity index (χ3n) is 2.79. The van der Waals surface area contributed by atoms with Crippen LogP contribution in [-0.2, 0) is 14.8 Å². The van der Waals surface area contributed by atoms with Gasteiger partial charge in [0.25, 0.3) is 0 Å². The Morgan fingerprint density at radius 2 is 2.10 bits per heavy atom. The Balaban J connectivity index is 2.97. The average Bonchev–Trinajstić information content (AvgIpc) is 2.44. The van der Waals surface area contributed by atoms with Crippen LogP contribution in [0.15, 0.2) is 23.1 Å². The van der Waals surface area contributed by atoms with Crippen molar-refractivity contribution >= 4 is 10.0 Å². The van der Waals surface area contributed by atoms with Gasteiger partial charge in [0.05, 0.1) is 16.1 Å². The molecule has 0 aliphatic rings. The van der Waals surface area contributed by atoms with Gasteiger partial charge < -0.3 is 9.84 Å². The average molecular weight is 315 g/mol. The SMILES string of the molecule is COC(C)(C)CNS(=O)(=O)c1ccc(C#CCO)c(F)c1. The molecule has 0 radical (unpaired) electrons. The molecule has 0 aliphatic carbocycles. The molecule has 5 nitrogen and oxygen atoms in total. The molecular formula is C14H18FNO4S. The fraction of sp³-hybridized carbons (Fsp3) is 0.429. The lowest BCUT2D eigenvalue weighted by molar-refractivity contribution is 0.0276. The summed E-state index contributed by atoms with van der Waals surface area (Å²) in [5.74, 6) is 3.94. The molecule has 1 rings (SSSR count). The van der Waals surface area contributed by atoms with Crippen LogP contribution in [-0.4, -0.2) is 39.4 Å². The zero-order valence-corrected chi connectivity index (χ0v) is 12.9. The minimum Gasteiger partial charge on any atom is -0.384 e. The van der Waals surface area contributed by atoms with Gasteiger partial charge in [-0.05, 0) is 32.0 Å². The van der Waals surface area contributed by atoms with Crippen molar-refractivity contribution in [2.45, 2.75) is 24.3 Å². The Labute approximate surface area is 124 Å². The van der Waals surface area contributed by atoms with E-state index in [0.29, 0.717) is 0 Å². The third-order valence-corrected chi connectivity index (χ3v) is 4.19. The van der Waals surface area contributed by atoms with Crippen LogP contribution in [0, 0.1) is 17.7 Å². The van der Waals surface area contributed by atoms with Gasteiger partial charge in [0.15, 0.2) is 0 Å². The minimum atomic E-state index is -3.83. The number of aliphatic hydroxyl groups excluding tert-OH is 1. The third kappa shape index (κ3) is 5.10. The van der Waals surface area contributed by atoms with Gasteiger partial charge in [0, 0.05) is 13.7 Å². The molecule has 7 heteroatoms. The van der Waals surface area contributed by atoms with Crippen LogP contribution in [0.25, 0.3) is 0 Å². The van der Waals surface area contributed by atoms with E-state index in [1.807, 2.05) is 0 Å². The van der Waals surface area contributed by atoms with E-state index in [4.69, 9.17) is 9.84 Å². The fourth-order valence-electron chi connectivity index (χ4n) is 1.32. The molecule has 0 amide bonds. The summed E-state index contributed by atoms with van der Waals surface area (Å²) < 4.78 is 45.3. The van der Waals surface area contributed by atoms with E-state index >= 15 is 0 Å². The molecule has 0 aromatic heterocycles. The van der Waals surface area contributed by atoms with Crippen LogP contribution >= 0.6 is 0 Å². The fourth-order valence-corrected chi connectivity index (χ4v) is 2.53. The molecule has 1 aromatic rings. The molecule has 0 saturated carbocycles. The predicted molar refractivity (Wildman–Crippen MR) is 76.6 cm³/mol. The summed E-state index contributed by atoms with van der Waals surface area (Å²) in [5, 5.41) is 8.56. The smallest absolute Gasteiger partial charge is 0.240 e. The molecule has 1 aromatic carbocycles. The Morgan fingerprint density at radius 3 is 2.62 bits per heavy atom. The molecule has 21 heavy (non-hydrogen) atoms. The van der Waals surface area contributed by atoms with E-state index in [2.05, 4.69) is 16.6 Å². The largest absolute Gasteiger partial charge is 0.384 e. The second kappa shape index (κ2) is 7.00. The normalized spacial score (nSPS) is 11.9. The molecule has 0 bridgehead atoms. The summed E-state index contributed by atoms with van der Waals surface area (Å²) in [6.45, 7) is 3.11. The van der Waals surface area contributed by atoms with Gasteiger partial charge in [-0.25, -0.2) is 17.5 Å². The van der Waals surface area contributed by atoms with Gasteiger partial charge in [-0.2, -0.15) is 0 Å². The molecule has 2 N–H and O–H groups in total. The van der Waals surface area contributed by atoms with Gasteiger partial charge in [0.2, 0.25) is 10.0 Å². The number of hydrogen-bond acceptors (Lipinski definition) is 4. The number of rotatable bonds is 5. The molecule has 0 fully saturated rings. The van der Waals surface area contributed by atoms with Crippen molar-refractivity contribution in [3.05, 3.63) is 29.6 Å². The van der Waals surface area contributed by atoms with Crippen molar-refractivity contribution in [1.82, 2.24) is 4.72 Å². The van der Waals surface area contributed by atoms with Gasteiger partial charge in [-0.1, -0.05) is 11.8 Å². The Kier molecular flexibility index (Phi) is 5.87. The van der Waals surface area contributed by atoms with Crippen LogP contribution in [0.2, 0.25) is 0 Å². The van der Waals surface area contributed by atoms with Crippen molar-refractivity contribution < 1.29 is 22.7 Å². The van der Waals surface area contributed by atoms with Gasteiger partial charge in [-0.15, -0.1) is 0 Å². The molecule has 0 unspecified atom stereocenters. The number of methoxy groups -OCH3 is 1. The summed E-state index contributed by atoms with van der Waals surface area (Å²) in [6, 6.07) is 3.41. The first-order valence-corrected chi connectivity index (χ1v) is 7.64. The van der Waals surface area contributed by atoms with Crippen molar-refractivity contribution in [3.63, 3.8) is 0 Å². The molecule has 0 aliphatic heterocycles. The highest BCUT2D eigenvalue weighted by molar-refractivity contribution is 7.89. The lowest BCUT2D eigenvalue weighted by Crippen LogP contribution is -2.39. The maximum atomic E-state index is 13.7. The zero-order chi connectivity index (χ0) is 16.1. The highest BCUT2D eigenvalue weighted by Gasteiger charge is 2.22. The Hall–Kier alpha value is -1.46. The lowest BCUT2D eigenvalue weighted by Gasteiger charge is -2.23. The summed E-state index contributed by atoms with van der Waals surface area (Å²) in [7, 11) is -2.36. The van der Waals surface area contributed by atoms with Gasteiger partial charge in [0.1, 0.15) is 12.4 Å². The maximum absolute atomic E-state index is 13.7. The van der Waals surface area contributed by atoms with E-state index in [0.717, 1.165) is 6.07 Å². The van der Waals surface area contributed by atoms with E-state index in [1.54, 1.807) is 13.8 Å². The highest BCUT2D eigenvalue weighted by Crippen LogP contribution is 2.15. The zero-order valence-electron chi connectivity index (χ0n) is 12.1. The van der Waals surface area contributed by atoms with E-state index in [1.165, 1.54) is 19.2 Å². The van der Waals surface area contributed by atoms with Crippen LogP contribution in [0.1, 0.15) is 19.4 Å². The number of benzene rings is 1. The van der Waals surface area contributed by atoms with Crippen LogP contribution in [0.4, 0.5) is 4.39 Å². The minimum absolute atomic E-state index is 0.0280. The quantitative estimate of drug-likeness (QED) is 0.791. The second-order valence-corrected chi connectivity index (χ2v) is 6.66.